The zero-order chi connectivity index (χ0) is 23.2. The Morgan fingerprint density at radius 1 is 0.970 bits per heavy atom. The zero-order valence-corrected chi connectivity index (χ0v) is 18.2. The molecule has 0 bridgehead atoms. The van der Waals surface area contributed by atoms with Gasteiger partial charge in [0.2, 0.25) is 5.91 Å². The molecular formula is C25H19FN2O4S. The molecule has 1 heterocycles. The summed E-state index contributed by atoms with van der Waals surface area (Å²) in [6.07, 6.45) is 1.60. The number of nitrogens with zero attached hydrogens (tertiary/aromatic N) is 1. The summed E-state index contributed by atoms with van der Waals surface area (Å²) in [5.41, 5.74) is 2.14. The van der Waals surface area contributed by atoms with Crippen molar-refractivity contribution in [2.75, 3.05) is 11.9 Å². The molecule has 0 radical (unpaired) electrons. The molecule has 3 aromatic rings. The first kappa shape index (κ1) is 22.3. The van der Waals surface area contributed by atoms with Gasteiger partial charge in [0.1, 0.15) is 24.7 Å². The average molecular weight is 463 g/mol. The summed E-state index contributed by atoms with van der Waals surface area (Å²) in [6, 6.07) is 21.9. The molecule has 6 nitrogen and oxygen atoms in total. The van der Waals surface area contributed by atoms with Crippen molar-refractivity contribution in [1.82, 2.24) is 4.90 Å². The van der Waals surface area contributed by atoms with Gasteiger partial charge in [0, 0.05) is 5.69 Å². The quantitative estimate of drug-likeness (QED) is 0.496. The first-order valence-electron chi connectivity index (χ1n) is 10.1. The largest absolute Gasteiger partial charge is 0.489 e. The number of rotatable bonds is 7. The van der Waals surface area contributed by atoms with Crippen molar-refractivity contribution in [3.8, 4) is 5.75 Å². The molecule has 0 aromatic heterocycles. The fourth-order valence-corrected chi connectivity index (χ4v) is 3.90. The number of carbonyl (C=O) groups excluding carboxylic acids is 3. The van der Waals surface area contributed by atoms with Crippen LogP contribution in [0.3, 0.4) is 0 Å². The Labute approximate surface area is 194 Å². The van der Waals surface area contributed by atoms with Gasteiger partial charge >= 0.3 is 0 Å². The van der Waals surface area contributed by atoms with E-state index >= 15 is 0 Å². The van der Waals surface area contributed by atoms with Crippen molar-refractivity contribution in [3.63, 3.8) is 0 Å². The number of carbonyl (C=O) groups is 3. The van der Waals surface area contributed by atoms with Crippen LogP contribution in [0.4, 0.5) is 14.9 Å². The molecule has 0 aliphatic carbocycles. The van der Waals surface area contributed by atoms with Crippen LogP contribution in [0.5, 0.6) is 5.75 Å². The Morgan fingerprint density at radius 3 is 2.36 bits per heavy atom. The van der Waals surface area contributed by atoms with Gasteiger partial charge in [-0.1, -0.05) is 42.5 Å². The molecule has 1 aliphatic heterocycles. The first-order chi connectivity index (χ1) is 16.0. The van der Waals surface area contributed by atoms with Gasteiger partial charge in [0.25, 0.3) is 11.1 Å². The van der Waals surface area contributed by atoms with Gasteiger partial charge in [-0.05, 0) is 65.4 Å². The van der Waals surface area contributed by atoms with Crippen LogP contribution in [0.1, 0.15) is 11.1 Å². The van der Waals surface area contributed by atoms with Crippen molar-refractivity contribution in [3.05, 3.63) is 101 Å². The van der Waals surface area contributed by atoms with E-state index in [9.17, 15) is 18.8 Å². The van der Waals surface area contributed by atoms with Crippen LogP contribution >= 0.6 is 11.8 Å². The summed E-state index contributed by atoms with van der Waals surface area (Å²) < 4.78 is 18.7. The molecule has 3 amide bonds. The van der Waals surface area contributed by atoms with Crippen LogP contribution < -0.4 is 10.1 Å². The van der Waals surface area contributed by atoms with Crippen LogP contribution in [0, 0.1) is 5.82 Å². The number of imide groups is 1. The first-order valence-corrected chi connectivity index (χ1v) is 10.9. The Kier molecular flexibility index (Phi) is 6.85. The number of para-hydroxylation sites is 1. The maximum atomic E-state index is 13.0. The Bertz CT molecular complexity index is 1200. The molecule has 33 heavy (non-hydrogen) atoms. The standard InChI is InChI=1S/C25H19FN2O4S/c26-19-10-6-18(7-11-19)16-32-21-12-8-17(9-13-21)14-22-24(30)28(25(31)33-22)15-23(29)27-20-4-2-1-3-5-20/h1-14H,15-16H2,(H,27,29)/b22-14-. The predicted octanol–water partition coefficient (Wildman–Crippen LogP) is 5.08. The molecule has 1 fully saturated rings. The van der Waals surface area contributed by atoms with Crippen LogP contribution in [0.15, 0.2) is 83.8 Å². The van der Waals surface area contributed by atoms with Gasteiger partial charge in [-0.25, -0.2) is 4.39 Å². The van der Waals surface area contributed by atoms with Crippen LogP contribution in [0.2, 0.25) is 0 Å². The molecular weight excluding hydrogens is 443 g/mol. The SMILES string of the molecule is O=C(CN1C(=O)S/C(=C\c2ccc(OCc3ccc(F)cc3)cc2)C1=O)Nc1ccccc1. The number of thioether (sulfide) groups is 1. The third-order valence-corrected chi connectivity index (χ3v) is 5.64. The Hall–Kier alpha value is -3.91. The van der Waals surface area contributed by atoms with Crippen molar-refractivity contribution in [2.45, 2.75) is 6.61 Å². The third-order valence-electron chi connectivity index (χ3n) is 4.73. The number of benzene rings is 3. The lowest BCUT2D eigenvalue weighted by Gasteiger charge is -2.12. The van der Waals surface area contributed by atoms with E-state index < -0.39 is 17.1 Å². The minimum Gasteiger partial charge on any atom is -0.489 e. The normalized spacial score (nSPS) is 14.6. The van der Waals surface area contributed by atoms with E-state index in [1.807, 2.05) is 6.07 Å². The van der Waals surface area contributed by atoms with E-state index in [-0.39, 0.29) is 17.3 Å². The molecule has 0 spiro atoms. The van der Waals surface area contributed by atoms with Crippen LogP contribution in [0.25, 0.3) is 6.08 Å². The molecule has 1 saturated heterocycles. The monoisotopic (exact) mass is 462 g/mol. The number of ether oxygens (including phenoxy) is 1. The second-order valence-electron chi connectivity index (χ2n) is 7.17. The maximum absolute atomic E-state index is 13.0. The van der Waals surface area contributed by atoms with E-state index in [0.29, 0.717) is 23.6 Å². The number of anilines is 1. The van der Waals surface area contributed by atoms with Gasteiger partial charge < -0.3 is 10.1 Å². The van der Waals surface area contributed by atoms with E-state index in [1.54, 1.807) is 66.7 Å². The van der Waals surface area contributed by atoms with Gasteiger partial charge in [-0.2, -0.15) is 0 Å². The lowest BCUT2D eigenvalue weighted by Crippen LogP contribution is -2.36. The smallest absolute Gasteiger partial charge is 0.294 e. The van der Waals surface area contributed by atoms with E-state index in [1.165, 1.54) is 12.1 Å². The fraction of sp³-hybridized carbons (Fsp3) is 0.0800. The summed E-state index contributed by atoms with van der Waals surface area (Å²) in [5.74, 6) is -0.649. The highest BCUT2D eigenvalue weighted by Crippen LogP contribution is 2.32. The van der Waals surface area contributed by atoms with Crippen LogP contribution in [-0.2, 0) is 16.2 Å². The van der Waals surface area contributed by atoms with Gasteiger partial charge in [0.15, 0.2) is 0 Å². The fourth-order valence-electron chi connectivity index (χ4n) is 3.06. The maximum Gasteiger partial charge on any atom is 0.294 e. The van der Waals surface area contributed by atoms with Crippen LogP contribution in [-0.4, -0.2) is 28.5 Å². The zero-order valence-electron chi connectivity index (χ0n) is 17.4. The molecule has 0 unspecified atom stereocenters. The number of hydrogen-bond acceptors (Lipinski definition) is 5. The highest BCUT2D eigenvalue weighted by molar-refractivity contribution is 8.18. The predicted molar refractivity (Wildman–Crippen MR) is 125 cm³/mol. The molecule has 1 aliphatic rings. The van der Waals surface area contributed by atoms with Gasteiger partial charge in [-0.15, -0.1) is 0 Å². The Balaban J connectivity index is 1.35. The highest BCUT2D eigenvalue weighted by Gasteiger charge is 2.36. The molecule has 0 atom stereocenters. The average Bonchev–Trinajstić information content (AvgIpc) is 3.07. The molecule has 4 rings (SSSR count). The number of halogens is 1. The van der Waals surface area contributed by atoms with E-state index in [0.717, 1.165) is 22.2 Å². The minimum atomic E-state index is -0.509. The summed E-state index contributed by atoms with van der Waals surface area (Å²) >= 11 is 0.794. The number of nitrogens with one attached hydrogen (secondary N) is 1. The van der Waals surface area contributed by atoms with Crippen molar-refractivity contribution < 1.29 is 23.5 Å². The molecule has 3 aromatic carbocycles. The lowest BCUT2D eigenvalue weighted by molar-refractivity contribution is -0.127. The lowest BCUT2D eigenvalue weighted by atomic mass is 10.2. The van der Waals surface area contributed by atoms with Crippen molar-refractivity contribution in [2.24, 2.45) is 0 Å². The number of hydrogen-bond donors (Lipinski definition) is 1. The molecule has 8 heteroatoms. The minimum absolute atomic E-state index is 0.243. The van der Waals surface area contributed by atoms with Crippen molar-refractivity contribution in [1.29, 1.82) is 0 Å². The molecule has 0 saturated carbocycles. The highest BCUT2D eigenvalue weighted by atomic mass is 32.2. The van der Waals surface area contributed by atoms with Gasteiger partial charge in [-0.3, -0.25) is 19.3 Å². The second kappa shape index (κ2) is 10.1. The third kappa shape index (κ3) is 5.87. The van der Waals surface area contributed by atoms with Crippen molar-refractivity contribution >= 4 is 40.6 Å². The molecule has 166 valence electrons. The summed E-state index contributed by atoms with van der Waals surface area (Å²) in [4.78, 5) is 38.3. The van der Waals surface area contributed by atoms with Gasteiger partial charge in [0.05, 0.1) is 4.91 Å². The summed E-state index contributed by atoms with van der Waals surface area (Å²) in [7, 11) is 0. The topological polar surface area (TPSA) is 75.7 Å². The number of amides is 3. The molecule has 1 N–H and O–H groups in total. The summed E-state index contributed by atoms with van der Waals surface area (Å²) in [6.45, 7) is -0.0589. The van der Waals surface area contributed by atoms with E-state index in [4.69, 9.17) is 4.74 Å². The van der Waals surface area contributed by atoms with E-state index in [2.05, 4.69) is 5.32 Å². The second-order valence-corrected chi connectivity index (χ2v) is 8.16. The Morgan fingerprint density at radius 2 is 1.67 bits per heavy atom. The summed E-state index contributed by atoms with van der Waals surface area (Å²) in [5, 5.41) is 2.17.